The summed E-state index contributed by atoms with van der Waals surface area (Å²) in [5.41, 5.74) is 21.8. The molecule has 4 heterocycles. The third kappa shape index (κ3) is 18.2. The van der Waals surface area contributed by atoms with Gasteiger partial charge in [0.25, 0.3) is 23.6 Å². The Hall–Kier alpha value is -12.6. The van der Waals surface area contributed by atoms with Crippen LogP contribution < -0.4 is 18.9 Å². The van der Waals surface area contributed by atoms with E-state index < -0.39 is 48.3 Å². The van der Waals surface area contributed by atoms with E-state index in [1.54, 1.807) is 56.1 Å². The zero-order valence-electron chi connectivity index (χ0n) is 70.9. The van der Waals surface area contributed by atoms with Gasteiger partial charge in [0, 0.05) is 73.6 Å². The first-order valence-electron chi connectivity index (χ1n) is 40.9. The van der Waals surface area contributed by atoms with Gasteiger partial charge in [-0.15, -0.1) is 0 Å². The van der Waals surface area contributed by atoms with Gasteiger partial charge in [-0.25, -0.2) is 20.0 Å². The Morgan fingerprint density at radius 2 is 0.475 bits per heavy atom. The van der Waals surface area contributed by atoms with Gasteiger partial charge in [0.05, 0.1) is 75.5 Å². The van der Waals surface area contributed by atoms with Crippen molar-refractivity contribution in [3.05, 3.63) is 259 Å². The lowest BCUT2D eigenvalue weighted by Crippen LogP contribution is -2.38. The van der Waals surface area contributed by atoms with Crippen LogP contribution >= 0.6 is 0 Å². The first-order valence-corrected chi connectivity index (χ1v) is 40.9. The molecule has 0 radical (unpaired) electrons. The van der Waals surface area contributed by atoms with Gasteiger partial charge in [0.15, 0.2) is 24.4 Å². The summed E-state index contributed by atoms with van der Waals surface area (Å²) in [4.78, 5) is 98.5. The molecule has 624 valence electrons. The Morgan fingerprint density at radius 3 is 0.642 bits per heavy atom. The number of fused-ring (bicyclic) bond motifs is 12. The highest BCUT2D eigenvalue weighted by Crippen LogP contribution is 2.49. The molecule has 4 amide bonds. The maximum absolute atomic E-state index is 13.2. The first kappa shape index (κ1) is 85.3. The van der Waals surface area contributed by atoms with Crippen molar-refractivity contribution in [2.75, 3.05) is 28.4 Å². The summed E-state index contributed by atoms with van der Waals surface area (Å²) in [5, 5.41) is 25.3. The second-order valence-corrected chi connectivity index (χ2v) is 31.8. The number of hydrazone groups is 4. The molecule has 16 rings (SSSR count). The Kier molecular flexibility index (Phi) is 26.1. The van der Waals surface area contributed by atoms with E-state index in [-0.39, 0.29) is 71.5 Å². The van der Waals surface area contributed by atoms with E-state index >= 15 is 0 Å². The van der Waals surface area contributed by atoms with Crippen molar-refractivity contribution < 1.29 is 76.3 Å². The highest BCUT2D eigenvalue weighted by atomic mass is 16.6. The van der Waals surface area contributed by atoms with E-state index in [9.17, 15) is 38.4 Å². The Bertz CT molecular complexity index is 4710. The van der Waals surface area contributed by atoms with Crippen LogP contribution in [0.15, 0.2) is 190 Å². The second-order valence-electron chi connectivity index (χ2n) is 31.8. The fourth-order valence-electron chi connectivity index (χ4n) is 17.7. The van der Waals surface area contributed by atoms with Crippen LogP contribution in [0.25, 0.3) is 0 Å². The lowest BCUT2D eigenvalue weighted by Gasteiger charge is -2.30. The minimum atomic E-state index is -0.898. The molecule has 0 spiro atoms. The van der Waals surface area contributed by atoms with Crippen LogP contribution in [0.4, 0.5) is 0 Å². The van der Waals surface area contributed by atoms with E-state index in [4.69, 9.17) is 58.3 Å². The molecule has 0 fully saturated rings. The topological polar surface area (TPSA) is 273 Å². The van der Waals surface area contributed by atoms with E-state index in [1.807, 2.05) is 97.1 Å². The third-order valence-electron chi connectivity index (χ3n) is 23.4. The predicted molar refractivity (Wildman–Crippen MR) is 453 cm³/mol. The second kappa shape index (κ2) is 36.7. The lowest BCUT2D eigenvalue weighted by atomic mass is 9.77. The number of ether oxygens (including phenoxy) is 8. The summed E-state index contributed by atoms with van der Waals surface area (Å²) in [7, 11) is 6.51. The van der Waals surface area contributed by atoms with Crippen LogP contribution in [0.3, 0.4) is 0 Å². The van der Waals surface area contributed by atoms with E-state index in [1.165, 1.54) is 70.0 Å². The third-order valence-corrected chi connectivity index (χ3v) is 23.4. The highest BCUT2D eigenvalue weighted by Gasteiger charge is 2.50. The molecular weight excluding hydrogens is 1520 g/mol. The number of hydrogen-bond donors (Lipinski definition) is 0. The van der Waals surface area contributed by atoms with Gasteiger partial charge in [-0.2, -0.15) is 20.4 Å². The van der Waals surface area contributed by atoms with Crippen LogP contribution in [0, 0.1) is 51.4 Å². The lowest BCUT2D eigenvalue weighted by molar-refractivity contribution is -0.158. The highest BCUT2D eigenvalue weighted by molar-refractivity contribution is 6.10. The van der Waals surface area contributed by atoms with Gasteiger partial charge in [0.2, 0.25) is 0 Å². The number of benzene rings is 8. The van der Waals surface area contributed by atoms with Gasteiger partial charge >= 0.3 is 23.9 Å². The number of carbonyl (C=O) groups is 8. The number of aryl methyl sites for hydroxylation is 8. The summed E-state index contributed by atoms with van der Waals surface area (Å²) >= 11 is 0. The van der Waals surface area contributed by atoms with Crippen molar-refractivity contribution >= 4 is 70.4 Å². The molecule has 120 heavy (non-hydrogen) atoms. The van der Waals surface area contributed by atoms with Crippen LogP contribution in [0.1, 0.15) is 194 Å². The largest absolute Gasteiger partial charge is 0.497 e. The van der Waals surface area contributed by atoms with Crippen molar-refractivity contribution in [2.45, 2.75) is 183 Å². The van der Waals surface area contributed by atoms with Crippen molar-refractivity contribution in [1.82, 2.24) is 20.0 Å². The standard InChI is InChI=1S/4C24H26N2O4/c4*1-14-5-6-17-9-12-20-22(21(17)13-14)25-26(24(28)15(2)30-16(3)27)23(20)18-7-10-19(29-4)11-8-18/h4*5-8,10-11,13,15,20,23H,9,12H2,1-4H3/t15-,20+,23+;15-,20+,23-;15-,20-,23+;15-,20-,23-/m0000/s1. The number of nitrogens with zero attached hydrogens (tertiary/aromatic N) is 8. The molecule has 0 saturated carbocycles. The molecule has 8 aliphatic rings. The Morgan fingerprint density at radius 1 is 0.292 bits per heavy atom. The van der Waals surface area contributed by atoms with Gasteiger partial charge in [0.1, 0.15) is 23.0 Å². The maximum Gasteiger partial charge on any atom is 0.303 e. The van der Waals surface area contributed by atoms with Crippen LogP contribution in [0.2, 0.25) is 0 Å². The van der Waals surface area contributed by atoms with E-state index in [0.29, 0.717) is 0 Å². The molecule has 12 atom stereocenters. The minimum absolute atomic E-state index is 0.0844. The summed E-state index contributed by atoms with van der Waals surface area (Å²) in [6.45, 7) is 19.8. The molecule has 0 aromatic heterocycles. The molecule has 24 heteroatoms. The van der Waals surface area contributed by atoms with Gasteiger partial charge < -0.3 is 37.9 Å². The molecule has 8 aromatic carbocycles. The molecule has 0 unspecified atom stereocenters. The first-order chi connectivity index (χ1) is 57.5. The fourth-order valence-corrected chi connectivity index (χ4v) is 17.7. The fraction of sp³-hybridized carbons (Fsp3) is 0.375. The zero-order valence-corrected chi connectivity index (χ0v) is 70.9. The molecule has 4 aliphatic carbocycles. The van der Waals surface area contributed by atoms with E-state index in [0.717, 1.165) is 164 Å². The number of methoxy groups -OCH3 is 4. The minimum Gasteiger partial charge on any atom is -0.497 e. The van der Waals surface area contributed by atoms with Crippen molar-refractivity contribution in [1.29, 1.82) is 0 Å². The van der Waals surface area contributed by atoms with Crippen LogP contribution in [-0.4, -0.2) is 143 Å². The molecule has 8 aromatic rings. The normalized spacial score (nSPS) is 20.7. The summed E-state index contributed by atoms with van der Waals surface area (Å²) in [6, 6.07) is 55.6. The summed E-state index contributed by atoms with van der Waals surface area (Å²) < 4.78 is 41.8. The molecule has 24 nitrogen and oxygen atoms in total. The Labute approximate surface area is 700 Å². The number of carbonyl (C=O) groups excluding carboxylic acids is 8. The van der Waals surface area contributed by atoms with Crippen molar-refractivity contribution in [3.8, 4) is 23.0 Å². The zero-order chi connectivity index (χ0) is 85.7. The van der Waals surface area contributed by atoms with Gasteiger partial charge in [-0.1, -0.05) is 119 Å². The van der Waals surface area contributed by atoms with Gasteiger partial charge in [-0.3, -0.25) is 38.4 Å². The monoisotopic (exact) mass is 1620 g/mol. The molecule has 4 aliphatic heterocycles. The van der Waals surface area contributed by atoms with Crippen LogP contribution in [-0.2, 0) is 83.0 Å². The van der Waals surface area contributed by atoms with E-state index in [2.05, 4.69) is 100 Å². The molecule has 0 saturated heterocycles. The molecule has 0 N–H and O–H groups in total. The summed E-state index contributed by atoms with van der Waals surface area (Å²) in [5.74, 6) is 0.163. The number of esters is 4. The number of rotatable bonds is 16. The number of amides is 4. The van der Waals surface area contributed by atoms with Crippen LogP contribution in [0.5, 0.6) is 23.0 Å². The maximum atomic E-state index is 13.2. The SMILES string of the molecule is COc1ccc([C@@H]2[C@@H]3CCc4ccc(C)cc4C3=NN2C(=O)[C@H](C)OC(C)=O)cc1.COc1ccc([C@@H]2[C@H]3CCc4ccc(C)cc4C3=NN2C(=O)[C@H](C)OC(C)=O)cc1.COc1ccc([C@H]2[C@@H]3CCc4ccc(C)cc4C3=NN2C(=O)[C@H](C)OC(C)=O)cc1.COc1ccc([C@H]2[C@H]3CCc4ccc(C)cc4C3=NN2C(=O)[C@H](C)OC(C)=O)cc1. The summed E-state index contributed by atoms with van der Waals surface area (Å²) in [6.07, 6.45) is 3.76. The predicted octanol–water partition coefficient (Wildman–Crippen LogP) is 15.2. The molecular formula is C96H104N8O16. The average molecular weight is 1630 g/mol. The van der Waals surface area contributed by atoms with Crippen molar-refractivity contribution in [3.63, 3.8) is 0 Å². The average Bonchev–Trinajstić information content (AvgIpc) is 1.61. The quantitative estimate of drug-likeness (QED) is 0.0642. The van der Waals surface area contributed by atoms with Gasteiger partial charge in [-0.05, 0) is 224 Å². The van der Waals surface area contributed by atoms with Crippen molar-refractivity contribution in [2.24, 2.45) is 44.1 Å². The Balaban J connectivity index is 0.000000138. The smallest absolute Gasteiger partial charge is 0.303 e. The number of hydrogen-bond acceptors (Lipinski definition) is 20. The molecule has 0 bridgehead atoms.